The van der Waals surface area contributed by atoms with Gasteiger partial charge in [-0.15, -0.1) is 0 Å². The lowest BCUT2D eigenvalue weighted by Crippen LogP contribution is -2.06. The molecule has 0 aromatic heterocycles. The number of nitriles is 1. The fraction of sp³-hybridized carbons (Fsp3) is 0.133. The fourth-order valence-corrected chi connectivity index (χ4v) is 1.81. The van der Waals surface area contributed by atoms with Crippen molar-refractivity contribution in [2.24, 2.45) is 0 Å². The SMILES string of the molecule is CC(Nc1cccc(O)c1)c1cccc(C#N)c1. The van der Waals surface area contributed by atoms with Gasteiger partial charge in [0.05, 0.1) is 11.6 Å². The highest BCUT2D eigenvalue weighted by atomic mass is 16.3. The van der Waals surface area contributed by atoms with Crippen molar-refractivity contribution in [3.63, 3.8) is 0 Å². The van der Waals surface area contributed by atoms with Gasteiger partial charge < -0.3 is 10.4 Å². The second-order valence-electron chi connectivity index (χ2n) is 4.15. The molecule has 0 bridgehead atoms. The summed E-state index contributed by atoms with van der Waals surface area (Å²) < 4.78 is 0. The van der Waals surface area contributed by atoms with Crippen LogP contribution >= 0.6 is 0 Å². The number of benzene rings is 2. The van der Waals surface area contributed by atoms with Gasteiger partial charge in [-0.3, -0.25) is 0 Å². The molecule has 2 rings (SSSR count). The summed E-state index contributed by atoms with van der Waals surface area (Å²) in [5.74, 6) is 0.234. The van der Waals surface area contributed by atoms with Gasteiger partial charge in [0.25, 0.3) is 0 Å². The van der Waals surface area contributed by atoms with Crippen molar-refractivity contribution in [3.8, 4) is 11.8 Å². The van der Waals surface area contributed by atoms with Crippen LogP contribution in [0.4, 0.5) is 5.69 Å². The minimum absolute atomic E-state index is 0.0695. The van der Waals surface area contributed by atoms with Crippen molar-refractivity contribution in [1.29, 1.82) is 5.26 Å². The van der Waals surface area contributed by atoms with E-state index in [1.165, 1.54) is 0 Å². The van der Waals surface area contributed by atoms with E-state index in [0.29, 0.717) is 5.56 Å². The second kappa shape index (κ2) is 5.24. The Kier molecular flexibility index (Phi) is 3.49. The first-order chi connectivity index (χ1) is 8.69. The number of anilines is 1. The average Bonchev–Trinajstić information content (AvgIpc) is 2.39. The third-order valence-electron chi connectivity index (χ3n) is 2.75. The third kappa shape index (κ3) is 2.80. The summed E-state index contributed by atoms with van der Waals surface area (Å²) in [6.07, 6.45) is 0. The van der Waals surface area contributed by atoms with Gasteiger partial charge in [0.15, 0.2) is 0 Å². The van der Waals surface area contributed by atoms with Crippen LogP contribution in [0.2, 0.25) is 0 Å². The van der Waals surface area contributed by atoms with Crippen molar-refractivity contribution in [2.75, 3.05) is 5.32 Å². The summed E-state index contributed by atoms with van der Waals surface area (Å²) in [6, 6.07) is 16.7. The van der Waals surface area contributed by atoms with Crippen molar-refractivity contribution >= 4 is 5.69 Å². The molecule has 2 aromatic carbocycles. The predicted molar refractivity (Wildman–Crippen MR) is 71.3 cm³/mol. The number of phenols is 1. The van der Waals surface area contributed by atoms with Crippen molar-refractivity contribution in [2.45, 2.75) is 13.0 Å². The van der Waals surface area contributed by atoms with Crippen LogP contribution in [0.5, 0.6) is 5.75 Å². The highest BCUT2D eigenvalue weighted by molar-refractivity contribution is 5.49. The summed E-state index contributed by atoms with van der Waals surface area (Å²) in [5, 5.41) is 21.5. The minimum Gasteiger partial charge on any atom is -0.508 e. The van der Waals surface area contributed by atoms with E-state index in [0.717, 1.165) is 11.3 Å². The molecule has 90 valence electrons. The van der Waals surface area contributed by atoms with Crippen LogP contribution in [0.25, 0.3) is 0 Å². The Balaban J connectivity index is 2.17. The second-order valence-corrected chi connectivity index (χ2v) is 4.15. The van der Waals surface area contributed by atoms with Crippen LogP contribution in [-0.2, 0) is 0 Å². The molecule has 0 amide bonds. The largest absolute Gasteiger partial charge is 0.508 e. The Hall–Kier alpha value is -2.47. The molecule has 3 nitrogen and oxygen atoms in total. The predicted octanol–water partition coefficient (Wildman–Crippen LogP) is 3.44. The lowest BCUT2D eigenvalue weighted by atomic mass is 10.1. The van der Waals surface area contributed by atoms with E-state index in [4.69, 9.17) is 5.26 Å². The van der Waals surface area contributed by atoms with Gasteiger partial charge in [0.1, 0.15) is 5.75 Å². The molecule has 0 aliphatic carbocycles. The maximum atomic E-state index is 9.40. The maximum Gasteiger partial charge on any atom is 0.117 e. The van der Waals surface area contributed by atoms with Crippen LogP contribution < -0.4 is 5.32 Å². The first kappa shape index (κ1) is 12.0. The van der Waals surface area contributed by atoms with E-state index in [9.17, 15) is 5.11 Å². The zero-order valence-corrected chi connectivity index (χ0v) is 10.1. The molecule has 1 unspecified atom stereocenters. The van der Waals surface area contributed by atoms with Gasteiger partial charge in [0.2, 0.25) is 0 Å². The van der Waals surface area contributed by atoms with E-state index >= 15 is 0 Å². The van der Waals surface area contributed by atoms with Gasteiger partial charge in [-0.2, -0.15) is 5.26 Å². The lowest BCUT2D eigenvalue weighted by Gasteiger charge is -2.16. The van der Waals surface area contributed by atoms with Crippen LogP contribution in [0.3, 0.4) is 0 Å². The molecule has 0 saturated heterocycles. The van der Waals surface area contributed by atoms with E-state index in [1.54, 1.807) is 24.3 Å². The molecule has 0 aliphatic heterocycles. The molecular weight excluding hydrogens is 224 g/mol. The summed E-state index contributed by atoms with van der Waals surface area (Å²) >= 11 is 0. The zero-order valence-electron chi connectivity index (χ0n) is 10.1. The highest BCUT2D eigenvalue weighted by Crippen LogP contribution is 2.22. The molecule has 2 N–H and O–H groups in total. The normalized spacial score (nSPS) is 11.6. The number of rotatable bonds is 3. The molecule has 1 atom stereocenters. The molecular formula is C15H14N2O. The minimum atomic E-state index is 0.0695. The Morgan fingerprint density at radius 3 is 2.67 bits per heavy atom. The first-order valence-corrected chi connectivity index (χ1v) is 5.74. The van der Waals surface area contributed by atoms with Crippen LogP contribution in [0, 0.1) is 11.3 Å². The summed E-state index contributed by atoms with van der Waals surface area (Å²) in [7, 11) is 0. The standard InChI is InChI=1S/C15H14N2O/c1-11(13-5-2-4-12(8-13)10-16)17-14-6-3-7-15(18)9-14/h2-9,11,17-18H,1H3. The number of aromatic hydroxyl groups is 1. The van der Waals surface area contributed by atoms with E-state index < -0.39 is 0 Å². The third-order valence-corrected chi connectivity index (χ3v) is 2.75. The van der Waals surface area contributed by atoms with Gasteiger partial charge >= 0.3 is 0 Å². The number of nitrogens with zero attached hydrogens (tertiary/aromatic N) is 1. The van der Waals surface area contributed by atoms with Gasteiger partial charge in [-0.25, -0.2) is 0 Å². The molecule has 0 fully saturated rings. The Morgan fingerprint density at radius 2 is 1.94 bits per heavy atom. The Bertz CT molecular complexity index is 587. The first-order valence-electron chi connectivity index (χ1n) is 5.74. The Morgan fingerprint density at radius 1 is 1.17 bits per heavy atom. The highest BCUT2D eigenvalue weighted by Gasteiger charge is 2.06. The number of phenolic OH excluding ortho intramolecular Hbond substituents is 1. The molecule has 18 heavy (non-hydrogen) atoms. The molecule has 2 aromatic rings. The molecule has 0 aliphatic rings. The average molecular weight is 238 g/mol. The molecule has 0 spiro atoms. The number of hydrogen-bond donors (Lipinski definition) is 2. The smallest absolute Gasteiger partial charge is 0.117 e. The van der Waals surface area contributed by atoms with E-state index in [-0.39, 0.29) is 11.8 Å². The molecule has 3 heteroatoms. The summed E-state index contributed by atoms with van der Waals surface area (Å²) in [4.78, 5) is 0. The molecule has 0 radical (unpaired) electrons. The van der Waals surface area contributed by atoms with Crippen LogP contribution in [-0.4, -0.2) is 5.11 Å². The van der Waals surface area contributed by atoms with Gasteiger partial charge in [-0.1, -0.05) is 18.2 Å². The van der Waals surface area contributed by atoms with Gasteiger partial charge in [-0.05, 0) is 36.8 Å². The van der Waals surface area contributed by atoms with Crippen molar-refractivity contribution in [3.05, 3.63) is 59.7 Å². The topological polar surface area (TPSA) is 56.0 Å². The molecule has 0 heterocycles. The van der Waals surface area contributed by atoms with Crippen LogP contribution in [0.1, 0.15) is 24.1 Å². The van der Waals surface area contributed by atoms with Crippen LogP contribution in [0.15, 0.2) is 48.5 Å². The van der Waals surface area contributed by atoms with Crippen molar-refractivity contribution in [1.82, 2.24) is 0 Å². The van der Waals surface area contributed by atoms with E-state index in [1.807, 2.05) is 31.2 Å². The quantitative estimate of drug-likeness (QED) is 0.861. The lowest BCUT2D eigenvalue weighted by molar-refractivity contribution is 0.475. The summed E-state index contributed by atoms with van der Waals surface area (Å²) in [6.45, 7) is 2.01. The molecule has 0 saturated carbocycles. The fourth-order valence-electron chi connectivity index (χ4n) is 1.81. The number of nitrogens with one attached hydrogen (secondary N) is 1. The zero-order chi connectivity index (χ0) is 13.0. The van der Waals surface area contributed by atoms with Gasteiger partial charge in [0, 0.05) is 17.8 Å². The summed E-state index contributed by atoms with van der Waals surface area (Å²) in [5.41, 5.74) is 2.54. The Labute approximate surface area is 106 Å². The van der Waals surface area contributed by atoms with E-state index in [2.05, 4.69) is 11.4 Å². The van der Waals surface area contributed by atoms with Crippen molar-refractivity contribution < 1.29 is 5.11 Å². The maximum absolute atomic E-state index is 9.40. The monoisotopic (exact) mass is 238 g/mol. The number of hydrogen-bond acceptors (Lipinski definition) is 3.